The van der Waals surface area contributed by atoms with E-state index < -0.39 is 0 Å². The summed E-state index contributed by atoms with van der Waals surface area (Å²) < 4.78 is 0. The molecule has 0 bridgehead atoms. The highest BCUT2D eigenvalue weighted by Crippen LogP contribution is 2.15. The van der Waals surface area contributed by atoms with Crippen LogP contribution in [-0.4, -0.2) is 13.6 Å². The fourth-order valence-corrected chi connectivity index (χ4v) is 1.89. The molecule has 0 atom stereocenters. The van der Waals surface area contributed by atoms with Gasteiger partial charge in [0, 0.05) is 31.4 Å². The van der Waals surface area contributed by atoms with Crippen molar-refractivity contribution in [2.24, 2.45) is 0 Å². The Hall–Kier alpha value is -2.60. The predicted molar refractivity (Wildman–Crippen MR) is 81.9 cm³/mol. The van der Waals surface area contributed by atoms with E-state index >= 15 is 0 Å². The second-order valence-corrected chi connectivity index (χ2v) is 4.59. The van der Waals surface area contributed by atoms with Crippen LogP contribution >= 0.6 is 0 Å². The number of rotatable bonds is 5. The number of nitriles is 1. The number of H-pyrrole nitrogens is 1. The van der Waals surface area contributed by atoms with E-state index in [1.807, 2.05) is 31.6 Å². The molecule has 0 aliphatic rings. The first kappa shape index (κ1) is 13.8. The number of nitrogens with one attached hydrogen (secondary N) is 1. The van der Waals surface area contributed by atoms with Crippen LogP contribution in [0.15, 0.2) is 48.8 Å². The van der Waals surface area contributed by atoms with Crippen LogP contribution < -0.4 is 9.88 Å². The van der Waals surface area contributed by atoms with E-state index in [0.717, 1.165) is 17.8 Å². The Morgan fingerprint density at radius 3 is 2.25 bits per heavy atom. The van der Waals surface area contributed by atoms with E-state index in [-0.39, 0.29) is 0 Å². The summed E-state index contributed by atoms with van der Waals surface area (Å²) in [5.74, 6) is 0. The number of aromatic amines is 1. The van der Waals surface area contributed by atoms with Crippen molar-refractivity contribution in [1.29, 1.82) is 5.26 Å². The standard InChI is InChI=1S/C17H17N3/c1-20(14-2-11-18)17-7-5-15(6-8-17)3-4-16-9-12-19-13-10-16/h3-10,12-13H,2,14H2,1H3/p+1/b4-3+. The van der Waals surface area contributed by atoms with Gasteiger partial charge in [0.1, 0.15) is 0 Å². The first-order valence-electron chi connectivity index (χ1n) is 6.62. The van der Waals surface area contributed by atoms with Crippen molar-refractivity contribution in [3.8, 4) is 6.07 Å². The summed E-state index contributed by atoms with van der Waals surface area (Å²) >= 11 is 0. The third-order valence-electron chi connectivity index (χ3n) is 3.11. The van der Waals surface area contributed by atoms with Crippen molar-refractivity contribution in [1.82, 2.24) is 0 Å². The van der Waals surface area contributed by atoms with E-state index in [4.69, 9.17) is 5.26 Å². The topological polar surface area (TPSA) is 41.2 Å². The quantitative estimate of drug-likeness (QED) is 0.833. The molecule has 0 radical (unpaired) electrons. The summed E-state index contributed by atoms with van der Waals surface area (Å²) in [5, 5.41) is 8.60. The second kappa shape index (κ2) is 7.10. The molecule has 0 fully saturated rings. The predicted octanol–water partition coefficient (Wildman–Crippen LogP) is 3.02. The minimum Gasteiger partial charge on any atom is -0.374 e. The Kier molecular flexibility index (Phi) is 4.91. The zero-order valence-electron chi connectivity index (χ0n) is 11.6. The highest BCUT2D eigenvalue weighted by atomic mass is 15.1. The van der Waals surface area contributed by atoms with Gasteiger partial charge in [-0.25, -0.2) is 4.98 Å². The fourth-order valence-electron chi connectivity index (χ4n) is 1.89. The highest BCUT2D eigenvalue weighted by Gasteiger charge is 1.99. The number of anilines is 1. The summed E-state index contributed by atoms with van der Waals surface area (Å²) in [7, 11) is 2.00. The molecule has 0 saturated carbocycles. The molecular formula is C17H18N3+. The Labute approximate surface area is 119 Å². The molecule has 0 amide bonds. The molecule has 0 unspecified atom stereocenters. The lowest BCUT2D eigenvalue weighted by molar-refractivity contribution is -0.378. The number of hydrogen-bond acceptors (Lipinski definition) is 2. The minimum atomic E-state index is 0.545. The number of pyridine rings is 1. The molecule has 3 heteroatoms. The Balaban J connectivity index is 2.02. The Bertz CT molecular complexity index is 594. The van der Waals surface area contributed by atoms with Gasteiger partial charge in [0.15, 0.2) is 12.4 Å². The zero-order valence-corrected chi connectivity index (χ0v) is 11.6. The van der Waals surface area contributed by atoms with Gasteiger partial charge in [0.05, 0.1) is 12.5 Å². The van der Waals surface area contributed by atoms with Crippen molar-refractivity contribution in [2.75, 3.05) is 18.5 Å². The molecule has 3 nitrogen and oxygen atoms in total. The molecule has 2 rings (SSSR count). The van der Waals surface area contributed by atoms with Crippen molar-refractivity contribution >= 4 is 17.8 Å². The third kappa shape index (κ3) is 3.96. The second-order valence-electron chi connectivity index (χ2n) is 4.59. The molecule has 1 aromatic heterocycles. The van der Waals surface area contributed by atoms with Gasteiger partial charge in [-0.3, -0.25) is 0 Å². The number of hydrogen-bond donors (Lipinski definition) is 0. The molecule has 0 aliphatic carbocycles. The van der Waals surface area contributed by atoms with Gasteiger partial charge < -0.3 is 4.90 Å². The summed E-state index contributed by atoms with van der Waals surface area (Å²) in [5.41, 5.74) is 3.46. The highest BCUT2D eigenvalue weighted by molar-refractivity contribution is 5.70. The normalized spacial score (nSPS) is 10.4. The summed E-state index contributed by atoms with van der Waals surface area (Å²) in [6, 6.07) is 14.6. The molecule has 1 aromatic carbocycles. The summed E-state index contributed by atoms with van der Waals surface area (Å²) in [4.78, 5) is 5.09. The molecular weight excluding hydrogens is 246 g/mol. The average molecular weight is 264 g/mol. The van der Waals surface area contributed by atoms with Gasteiger partial charge >= 0.3 is 0 Å². The Morgan fingerprint density at radius 1 is 1.05 bits per heavy atom. The van der Waals surface area contributed by atoms with Crippen LogP contribution in [0.1, 0.15) is 17.5 Å². The molecule has 20 heavy (non-hydrogen) atoms. The van der Waals surface area contributed by atoms with Gasteiger partial charge in [-0.1, -0.05) is 24.3 Å². The van der Waals surface area contributed by atoms with Crippen LogP contribution in [0.3, 0.4) is 0 Å². The van der Waals surface area contributed by atoms with Gasteiger partial charge in [-0.15, -0.1) is 0 Å². The van der Waals surface area contributed by atoms with E-state index in [0.29, 0.717) is 6.42 Å². The van der Waals surface area contributed by atoms with Gasteiger partial charge in [0.2, 0.25) is 0 Å². The minimum absolute atomic E-state index is 0.545. The van der Waals surface area contributed by atoms with E-state index in [1.165, 1.54) is 5.56 Å². The smallest absolute Gasteiger partial charge is 0.167 e. The number of nitrogens with zero attached hydrogens (tertiary/aromatic N) is 2. The van der Waals surface area contributed by atoms with Crippen LogP contribution in [0.25, 0.3) is 12.2 Å². The molecule has 100 valence electrons. The Morgan fingerprint density at radius 2 is 1.65 bits per heavy atom. The maximum atomic E-state index is 8.60. The maximum Gasteiger partial charge on any atom is 0.167 e. The third-order valence-corrected chi connectivity index (χ3v) is 3.11. The number of benzene rings is 1. The van der Waals surface area contributed by atoms with Gasteiger partial charge in [-0.2, -0.15) is 5.26 Å². The lowest BCUT2D eigenvalue weighted by Gasteiger charge is -2.17. The number of aromatic nitrogens is 1. The largest absolute Gasteiger partial charge is 0.374 e. The molecule has 0 spiro atoms. The van der Waals surface area contributed by atoms with E-state index in [9.17, 15) is 0 Å². The van der Waals surface area contributed by atoms with Crippen LogP contribution in [0.5, 0.6) is 0 Å². The van der Waals surface area contributed by atoms with Crippen LogP contribution in [0.4, 0.5) is 5.69 Å². The van der Waals surface area contributed by atoms with Gasteiger partial charge in [-0.05, 0) is 23.3 Å². The van der Waals surface area contributed by atoms with Crippen molar-refractivity contribution in [3.63, 3.8) is 0 Å². The van der Waals surface area contributed by atoms with Crippen LogP contribution in [0, 0.1) is 11.3 Å². The first-order chi connectivity index (χ1) is 9.79. The van der Waals surface area contributed by atoms with E-state index in [1.54, 1.807) is 0 Å². The van der Waals surface area contributed by atoms with Crippen molar-refractivity contribution < 1.29 is 4.98 Å². The molecule has 1 heterocycles. The van der Waals surface area contributed by atoms with Crippen molar-refractivity contribution in [3.05, 3.63) is 59.9 Å². The van der Waals surface area contributed by atoms with Gasteiger partial charge in [0.25, 0.3) is 0 Å². The first-order valence-corrected chi connectivity index (χ1v) is 6.62. The molecule has 1 N–H and O–H groups in total. The fraction of sp³-hybridized carbons (Fsp3) is 0.176. The molecule has 2 aromatic rings. The molecule has 0 aliphatic heterocycles. The monoisotopic (exact) mass is 264 g/mol. The summed E-state index contributed by atoms with van der Waals surface area (Å²) in [6.07, 6.45) is 8.54. The SMILES string of the molecule is CN(CCC#N)c1ccc(/C=C/c2cc[nH+]cc2)cc1. The lowest BCUT2D eigenvalue weighted by atomic mass is 10.1. The van der Waals surface area contributed by atoms with Crippen LogP contribution in [0.2, 0.25) is 0 Å². The maximum absolute atomic E-state index is 8.60. The van der Waals surface area contributed by atoms with Crippen LogP contribution in [-0.2, 0) is 0 Å². The average Bonchev–Trinajstić information content (AvgIpc) is 2.52. The summed E-state index contributed by atoms with van der Waals surface area (Å²) in [6.45, 7) is 0.756. The zero-order chi connectivity index (χ0) is 14.2. The van der Waals surface area contributed by atoms with Crippen molar-refractivity contribution in [2.45, 2.75) is 6.42 Å². The molecule has 0 saturated heterocycles. The van der Waals surface area contributed by atoms with E-state index in [2.05, 4.69) is 52.4 Å². The lowest BCUT2D eigenvalue weighted by Crippen LogP contribution is -2.17.